The van der Waals surface area contributed by atoms with E-state index in [0.29, 0.717) is 30.1 Å². The highest BCUT2D eigenvalue weighted by Crippen LogP contribution is 2.35. The highest BCUT2D eigenvalue weighted by atomic mass is 35.5. The van der Waals surface area contributed by atoms with Crippen molar-refractivity contribution in [1.82, 2.24) is 20.4 Å². The van der Waals surface area contributed by atoms with E-state index in [1.807, 2.05) is 12.2 Å². The fourth-order valence-corrected chi connectivity index (χ4v) is 3.92. The summed E-state index contributed by atoms with van der Waals surface area (Å²) in [5.74, 6) is -0.204. The smallest absolute Gasteiger partial charge is 0.246 e. The zero-order valence-corrected chi connectivity index (χ0v) is 17.0. The van der Waals surface area contributed by atoms with Crippen LogP contribution in [0.4, 0.5) is 0 Å². The molecule has 1 fully saturated rings. The molecular formula is C21H21ClN4O4. The van der Waals surface area contributed by atoms with Crippen molar-refractivity contribution in [3.63, 3.8) is 0 Å². The third-order valence-corrected chi connectivity index (χ3v) is 5.64. The summed E-state index contributed by atoms with van der Waals surface area (Å²) in [7, 11) is 0. The van der Waals surface area contributed by atoms with Crippen LogP contribution in [0.1, 0.15) is 31.6 Å². The first-order valence-electron chi connectivity index (χ1n) is 9.88. The highest BCUT2D eigenvalue weighted by Gasteiger charge is 2.46. The Labute approximate surface area is 178 Å². The quantitative estimate of drug-likeness (QED) is 0.537. The molecule has 1 aliphatic carbocycles. The molecular weight excluding hydrogens is 408 g/mol. The molecule has 0 radical (unpaired) electrons. The fourth-order valence-electron chi connectivity index (χ4n) is 3.79. The molecule has 156 valence electrons. The molecule has 1 N–H and O–H groups in total. The summed E-state index contributed by atoms with van der Waals surface area (Å²) in [4.78, 5) is 42.5. The zero-order chi connectivity index (χ0) is 21.1. The van der Waals surface area contributed by atoms with Crippen LogP contribution in [0.15, 0.2) is 40.9 Å². The van der Waals surface area contributed by atoms with Crippen molar-refractivity contribution < 1.29 is 18.9 Å². The molecule has 1 saturated heterocycles. The largest absolute Gasteiger partial charge is 0.347 e. The lowest BCUT2D eigenvalue weighted by Gasteiger charge is -2.14. The van der Waals surface area contributed by atoms with Gasteiger partial charge in [0.25, 0.3) is 0 Å². The molecule has 2 atom stereocenters. The second kappa shape index (κ2) is 8.79. The second-order valence-corrected chi connectivity index (χ2v) is 7.82. The number of nitrogens with zero attached hydrogens (tertiary/aromatic N) is 3. The van der Waals surface area contributed by atoms with Gasteiger partial charge in [0, 0.05) is 23.6 Å². The summed E-state index contributed by atoms with van der Waals surface area (Å²) in [6, 6.07) is 7.03. The number of aromatic nitrogens is 2. The molecule has 0 unspecified atom stereocenters. The lowest BCUT2D eigenvalue weighted by Crippen LogP contribution is -2.33. The van der Waals surface area contributed by atoms with Gasteiger partial charge in [-0.25, -0.2) is 0 Å². The number of carbonyl (C=O) groups is 3. The Morgan fingerprint density at radius 1 is 1.13 bits per heavy atom. The molecule has 0 spiro atoms. The van der Waals surface area contributed by atoms with E-state index in [1.165, 1.54) is 4.90 Å². The van der Waals surface area contributed by atoms with Crippen molar-refractivity contribution in [2.75, 3.05) is 6.54 Å². The van der Waals surface area contributed by atoms with Gasteiger partial charge in [-0.3, -0.25) is 19.3 Å². The third kappa shape index (κ3) is 4.28. The Hall–Kier alpha value is -3.00. The number of benzene rings is 1. The number of rotatable bonds is 7. The minimum absolute atomic E-state index is 0.108. The first-order chi connectivity index (χ1) is 14.5. The number of fused-ring (bicyclic) bond motifs is 1. The number of amides is 3. The minimum Gasteiger partial charge on any atom is -0.347 e. The normalized spacial score (nSPS) is 20.5. The zero-order valence-electron chi connectivity index (χ0n) is 16.2. The van der Waals surface area contributed by atoms with E-state index in [1.54, 1.807) is 24.3 Å². The van der Waals surface area contributed by atoms with Crippen LogP contribution in [0.2, 0.25) is 5.02 Å². The monoisotopic (exact) mass is 428 g/mol. The van der Waals surface area contributed by atoms with Gasteiger partial charge >= 0.3 is 0 Å². The third-order valence-electron chi connectivity index (χ3n) is 5.39. The lowest BCUT2D eigenvalue weighted by atomic mass is 9.85. The summed E-state index contributed by atoms with van der Waals surface area (Å²) in [5.41, 5.74) is 0.761. The number of allylic oxidation sites excluding steroid dienone is 2. The van der Waals surface area contributed by atoms with Gasteiger partial charge in [0.2, 0.25) is 29.4 Å². The van der Waals surface area contributed by atoms with Gasteiger partial charge in [-0.1, -0.05) is 28.9 Å². The predicted molar refractivity (Wildman–Crippen MR) is 108 cm³/mol. The molecule has 30 heavy (non-hydrogen) atoms. The summed E-state index contributed by atoms with van der Waals surface area (Å²) >= 11 is 5.86. The van der Waals surface area contributed by atoms with E-state index >= 15 is 0 Å². The summed E-state index contributed by atoms with van der Waals surface area (Å²) in [6.45, 7) is 0.371. The molecule has 3 amide bonds. The van der Waals surface area contributed by atoms with Crippen LogP contribution in [-0.2, 0) is 20.9 Å². The van der Waals surface area contributed by atoms with Gasteiger partial charge in [0.15, 0.2) is 0 Å². The van der Waals surface area contributed by atoms with Gasteiger partial charge < -0.3 is 9.84 Å². The molecule has 4 rings (SSSR count). The molecule has 2 aliphatic rings. The Balaban J connectivity index is 1.22. The number of hydrogen-bond donors (Lipinski definition) is 1. The standard InChI is InChI=1S/C21H21ClN4O4/c22-14-9-7-13(8-10-14)19-24-18(30-25-19)12-23-17(27)6-3-11-26-20(28)15-4-1-2-5-16(15)21(26)29/h1-2,7-10,15-16H,3-6,11-12H2,(H,23,27)/t15-,16-/m0/s1. The Morgan fingerprint density at radius 3 is 2.47 bits per heavy atom. The predicted octanol–water partition coefficient (Wildman–Crippen LogP) is 2.74. The summed E-state index contributed by atoms with van der Waals surface area (Å²) < 4.78 is 5.16. The number of hydrogen-bond acceptors (Lipinski definition) is 6. The fraction of sp³-hybridized carbons (Fsp3) is 0.381. The first kappa shape index (κ1) is 20.3. The van der Waals surface area contributed by atoms with Crippen LogP contribution in [0, 0.1) is 11.8 Å². The van der Waals surface area contributed by atoms with E-state index in [2.05, 4.69) is 15.5 Å². The van der Waals surface area contributed by atoms with E-state index in [9.17, 15) is 14.4 Å². The molecule has 1 aromatic carbocycles. The molecule has 2 aromatic rings. The van der Waals surface area contributed by atoms with E-state index in [-0.39, 0.29) is 55.0 Å². The van der Waals surface area contributed by atoms with Crippen molar-refractivity contribution in [3.8, 4) is 11.4 Å². The van der Waals surface area contributed by atoms with Crippen LogP contribution in [0.25, 0.3) is 11.4 Å². The Kier molecular flexibility index (Phi) is 5.94. The number of nitrogens with one attached hydrogen (secondary N) is 1. The van der Waals surface area contributed by atoms with Crippen molar-refractivity contribution in [2.24, 2.45) is 11.8 Å². The second-order valence-electron chi connectivity index (χ2n) is 7.38. The van der Waals surface area contributed by atoms with Gasteiger partial charge in [-0.15, -0.1) is 0 Å². The number of likely N-dealkylation sites (tertiary alicyclic amines) is 1. The number of carbonyl (C=O) groups excluding carboxylic acids is 3. The molecule has 1 aromatic heterocycles. The topological polar surface area (TPSA) is 105 Å². The molecule has 0 bridgehead atoms. The highest BCUT2D eigenvalue weighted by molar-refractivity contribution is 6.30. The first-order valence-corrected chi connectivity index (χ1v) is 10.3. The molecule has 9 heteroatoms. The molecule has 2 heterocycles. The maximum absolute atomic E-state index is 12.4. The molecule has 1 aliphatic heterocycles. The van der Waals surface area contributed by atoms with Gasteiger partial charge in [0.05, 0.1) is 18.4 Å². The number of imide groups is 1. The van der Waals surface area contributed by atoms with Gasteiger partial charge in [0.1, 0.15) is 0 Å². The molecule has 8 nitrogen and oxygen atoms in total. The van der Waals surface area contributed by atoms with Crippen LogP contribution in [0.3, 0.4) is 0 Å². The van der Waals surface area contributed by atoms with Crippen molar-refractivity contribution in [2.45, 2.75) is 32.2 Å². The Morgan fingerprint density at radius 2 is 1.80 bits per heavy atom. The van der Waals surface area contributed by atoms with Crippen molar-refractivity contribution in [1.29, 1.82) is 0 Å². The SMILES string of the molecule is O=C(CCCN1C(=O)[C@H]2CC=CC[C@@H]2C1=O)NCc1nc(-c2ccc(Cl)cc2)no1. The maximum Gasteiger partial charge on any atom is 0.246 e. The maximum atomic E-state index is 12.4. The summed E-state index contributed by atoms with van der Waals surface area (Å²) in [6.07, 6.45) is 5.76. The summed E-state index contributed by atoms with van der Waals surface area (Å²) in [5, 5.41) is 7.22. The van der Waals surface area contributed by atoms with Crippen LogP contribution in [0.5, 0.6) is 0 Å². The van der Waals surface area contributed by atoms with E-state index in [0.717, 1.165) is 5.56 Å². The number of halogens is 1. The van der Waals surface area contributed by atoms with Crippen molar-refractivity contribution >= 4 is 29.3 Å². The van der Waals surface area contributed by atoms with E-state index in [4.69, 9.17) is 16.1 Å². The van der Waals surface area contributed by atoms with Gasteiger partial charge in [-0.2, -0.15) is 4.98 Å². The van der Waals surface area contributed by atoms with Gasteiger partial charge in [-0.05, 0) is 43.5 Å². The van der Waals surface area contributed by atoms with Crippen LogP contribution < -0.4 is 5.32 Å². The lowest BCUT2D eigenvalue weighted by molar-refractivity contribution is -0.140. The van der Waals surface area contributed by atoms with Crippen molar-refractivity contribution in [3.05, 3.63) is 47.3 Å². The minimum atomic E-state index is -0.233. The average Bonchev–Trinajstić information content (AvgIpc) is 3.32. The Bertz CT molecular complexity index is 959. The van der Waals surface area contributed by atoms with E-state index < -0.39 is 0 Å². The average molecular weight is 429 g/mol. The van der Waals surface area contributed by atoms with Crippen LogP contribution in [-0.4, -0.2) is 39.3 Å². The van der Waals surface area contributed by atoms with Crippen LogP contribution >= 0.6 is 11.6 Å². The molecule has 0 saturated carbocycles.